The molecule has 1 aliphatic heterocycles. The molecule has 1 saturated heterocycles. The largest absolute Gasteiger partial charge is 0.370 e. The van der Waals surface area contributed by atoms with Gasteiger partial charge in [0, 0.05) is 13.2 Å². The molecule has 134 valence electrons. The summed E-state index contributed by atoms with van der Waals surface area (Å²) in [5, 5.41) is 2.89. The Kier molecular flexibility index (Phi) is 4.67. The molecule has 4 rings (SSSR count). The molecule has 0 bridgehead atoms. The SMILES string of the molecule is O=C(Cn1c(C2CCCO2)nc2ccccc21)NCc1ccc(F)cc1. The molecule has 26 heavy (non-hydrogen) atoms. The first kappa shape index (κ1) is 16.7. The third-order valence-electron chi connectivity index (χ3n) is 4.61. The summed E-state index contributed by atoms with van der Waals surface area (Å²) in [5.74, 6) is 0.406. The molecule has 5 nitrogen and oxygen atoms in total. The second-order valence-corrected chi connectivity index (χ2v) is 6.45. The van der Waals surface area contributed by atoms with Gasteiger partial charge in [-0.25, -0.2) is 9.37 Å². The van der Waals surface area contributed by atoms with E-state index in [-0.39, 0.29) is 24.4 Å². The first-order valence-corrected chi connectivity index (χ1v) is 8.78. The van der Waals surface area contributed by atoms with Gasteiger partial charge in [-0.3, -0.25) is 4.79 Å². The molecule has 3 aromatic rings. The van der Waals surface area contributed by atoms with Crippen LogP contribution in [0.15, 0.2) is 48.5 Å². The molecule has 2 aromatic carbocycles. The summed E-state index contributed by atoms with van der Waals surface area (Å²) >= 11 is 0. The van der Waals surface area contributed by atoms with Gasteiger partial charge in [-0.1, -0.05) is 24.3 Å². The van der Waals surface area contributed by atoms with Crippen molar-refractivity contribution in [3.8, 4) is 0 Å². The number of hydrogen-bond donors (Lipinski definition) is 1. The monoisotopic (exact) mass is 353 g/mol. The molecule has 1 unspecified atom stereocenters. The second-order valence-electron chi connectivity index (χ2n) is 6.45. The fourth-order valence-corrected chi connectivity index (χ4v) is 3.29. The molecule has 2 heterocycles. The minimum Gasteiger partial charge on any atom is -0.370 e. The highest BCUT2D eigenvalue weighted by Crippen LogP contribution is 2.30. The molecule has 0 saturated carbocycles. The average Bonchev–Trinajstić information content (AvgIpc) is 3.30. The quantitative estimate of drug-likeness (QED) is 0.765. The number of halogens is 1. The first-order valence-electron chi connectivity index (χ1n) is 8.78. The lowest BCUT2D eigenvalue weighted by atomic mass is 10.2. The number of aromatic nitrogens is 2. The van der Waals surface area contributed by atoms with Crippen LogP contribution >= 0.6 is 0 Å². The van der Waals surface area contributed by atoms with Gasteiger partial charge in [-0.15, -0.1) is 0 Å². The highest BCUT2D eigenvalue weighted by Gasteiger charge is 2.25. The van der Waals surface area contributed by atoms with Crippen molar-refractivity contribution in [2.24, 2.45) is 0 Å². The van der Waals surface area contributed by atoms with Crippen molar-refractivity contribution in [3.05, 3.63) is 65.7 Å². The Morgan fingerprint density at radius 3 is 2.81 bits per heavy atom. The van der Waals surface area contributed by atoms with Gasteiger partial charge in [0.1, 0.15) is 24.3 Å². The summed E-state index contributed by atoms with van der Waals surface area (Å²) in [6, 6.07) is 13.9. The van der Waals surface area contributed by atoms with E-state index in [2.05, 4.69) is 5.32 Å². The molecule has 1 atom stereocenters. The van der Waals surface area contributed by atoms with Crippen molar-refractivity contribution < 1.29 is 13.9 Å². The van der Waals surface area contributed by atoms with Crippen molar-refractivity contribution in [2.45, 2.75) is 32.0 Å². The molecule has 1 aliphatic rings. The Hall–Kier alpha value is -2.73. The fourth-order valence-electron chi connectivity index (χ4n) is 3.29. The number of para-hydroxylation sites is 2. The number of amides is 1. The minimum absolute atomic E-state index is 0.0627. The summed E-state index contributed by atoms with van der Waals surface area (Å²) < 4.78 is 20.7. The Bertz CT molecular complexity index is 914. The van der Waals surface area contributed by atoms with Gasteiger partial charge < -0.3 is 14.6 Å². The van der Waals surface area contributed by atoms with E-state index in [0.717, 1.165) is 41.9 Å². The summed E-state index contributed by atoms with van der Waals surface area (Å²) in [4.78, 5) is 17.2. The van der Waals surface area contributed by atoms with Crippen LogP contribution in [-0.2, 0) is 22.6 Å². The third-order valence-corrected chi connectivity index (χ3v) is 4.61. The Morgan fingerprint density at radius 1 is 1.23 bits per heavy atom. The van der Waals surface area contributed by atoms with Gasteiger partial charge in [0.25, 0.3) is 0 Å². The number of nitrogens with one attached hydrogen (secondary N) is 1. The first-order chi connectivity index (χ1) is 12.7. The van der Waals surface area contributed by atoms with Crippen molar-refractivity contribution in [1.82, 2.24) is 14.9 Å². The van der Waals surface area contributed by atoms with Crippen molar-refractivity contribution >= 4 is 16.9 Å². The third kappa shape index (κ3) is 3.46. The number of rotatable bonds is 5. The molecule has 1 aromatic heterocycles. The zero-order chi connectivity index (χ0) is 17.9. The van der Waals surface area contributed by atoms with Gasteiger partial charge >= 0.3 is 0 Å². The van der Waals surface area contributed by atoms with E-state index in [1.165, 1.54) is 12.1 Å². The summed E-state index contributed by atoms with van der Waals surface area (Å²) in [5.41, 5.74) is 2.65. The summed E-state index contributed by atoms with van der Waals surface area (Å²) in [7, 11) is 0. The maximum absolute atomic E-state index is 13.0. The Morgan fingerprint density at radius 2 is 2.04 bits per heavy atom. The molecule has 0 radical (unpaired) electrons. The molecule has 1 amide bonds. The smallest absolute Gasteiger partial charge is 0.240 e. The van der Waals surface area contributed by atoms with Crippen LogP contribution in [0, 0.1) is 5.82 Å². The van der Waals surface area contributed by atoms with E-state index in [4.69, 9.17) is 9.72 Å². The van der Waals surface area contributed by atoms with E-state index in [1.54, 1.807) is 12.1 Å². The van der Waals surface area contributed by atoms with Gasteiger partial charge in [0.15, 0.2) is 0 Å². The molecule has 0 aliphatic carbocycles. The van der Waals surface area contributed by atoms with E-state index >= 15 is 0 Å². The molecule has 1 N–H and O–H groups in total. The summed E-state index contributed by atoms with van der Waals surface area (Å²) in [6.45, 7) is 1.27. The number of ether oxygens (including phenoxy) is 1. The predicted molar refractivity (Wildman–Crippen MR) is 95.9 cm³/mol. The molecular weight excluding hydrogens is 333 g/mol. The maximum atomic E-state index is 13.0. The van der Waals surface area contributed by atoms with Crippen LogP contribution in [0.1, 0.15) is 30.3 Å². The number of fused-ring (bicyclic) bond motifs is 1. The zero-order valence-corrected chi connectivity index (χ0v) is 14.3. The molecule has 6 heteroatoms. The lowest BCUT2D eigenvalue weighted by molar-refractivity contribution is -0.121. The van der Waals surface area contributed by atoms with Gasteiger partial charge in [0.05, 0.1) is 11.0 Å². The van der Waals surface area contributed by atoms with E-state index in [0.29, 0.717) is 6.54 Å². The zero-order valence-electron chi connectivity index (χ0n) is 14.3. The van der Waals surface area contributed by atoms with E-state index in [1.807, 2.05) is 28.8 Å². The van der Waals surface area contributed by atoms with Crippen molar-refractivity contribution in [3.63, 3.8) is 0 Å². The van der Waals surface area contributed by atoms with Gasteiger partial charge in [-0.2, -0.15) is 0 Å². The number of carbonyl (C=O) groups excluding carboxylic acids is 1. The van der Waals surface area contributed by atoms with Crippen LogP contribution < -0.4 is 5.32 Å². The van der Waals surface area contributed by atoms with Crippen LogP contribution in [0.2, 0.25) is 0 Å². The Labute approximate surface area is 150 Å². The van der Waals surface area contributed by atoms with Crippen LogP contribution in [0.3, 0.4) is 0 Å². The van der Waals surface area contributed by atoms with Crippen molar-refractivity contribution in [2.75, 3.05) is 6.61 Å². The summed E-state index contributed by atoms with van der Waals surface area (Å²) in [6.07, 6.45) is 1.86. The van der Waals surface area contributed by atoms with Crippen LogP contribution in [0.5, 0.6) is 0 Å². The number of imidazole rings is 1. The number of hydrogen-bond acceptors (Lipinski definition) is 3. The van der Waals surface area contributed by atoms with E-state index in [9.17, 15) is 9.18 Å². The van der Waals surface area contributed by atoms with Gasteiger partial charge in [0.2, 0.25) is 5.91 Å². The number of nitrogens with zero attached hydrogens (tertiary/aromatic N) is 2. The number of benzene rings is 2. The fraction of sp³-hybridized carbons (Fsp3) is 0.300. The normalized spacial score (nSPS) is 16.9. The van der Waals surface area contributed by atoms with E-state index < -0.39 is 0 Å². The van der Waals surface area contributed by atoms with Gasteiger partial charge in [-0.05, 0) is 42.7 Å². The van der Waals surface area contributed by atoms with Crippen LogP contribution in [-0.4, -0.2) is 22.1 Å². The minimum atomic E-state index is -0.286. The standard InChI is InChI=1S/C20H20FN3O2/c21-15-9-7-14(8-10-15)12-22-19(25)13-24-17-5-2-1-4-16(17)23-20(24)18-6-3-11-26-18/h1-2,4-5,7-10,18H,3,6,11-13H2,(H,22,25). The van der Waals surface area contributed by atoms with Crippen molar-refractivity contribution in [1.29, 1.82) is 0 Å². The Balaban J connectivity index is 1.52. The topological polar surface area (TPSA) is 56.2 Å². The highest BCUT2D eigenvalue weighted by molar-refractivity contribution is 5.81. The average molecular weight is 353 g/mol. The maximum Gasteiger partial charge on any atom is 0.240 e. The highest BCUT2D eigenvalue weighted by atomic mass is 19.1. The molecule has 1 fully saturated rings. The number of carbonyl (C=O) groups is 1. The molecular formula is C20H20FN3O2. The second kappa shape index (κ2) is 7.25. The van der Waals surface area contributed by atoms with Crippen LogP contribution in [0.25, 0.3) is 11.0 Å². The lowest BCUT2D eigenvalue weighted by Crippen LogP contribution is -2.28. The molecule has 0 spiro atoms. The predicted octanol–water partition coefficient (Wildman–Crippen LogP) is 3.34. The van der Waals surface area contributed by atoms with Crippen LogP contribution in [0.4, 0.5) is 4.39 Å². The lowest BCUT2D eigenvalue weighted by Gasteiger charge is -2.13.